The lowest BCUT2D eigenvalue weighted by Gasteiger charge is -2.29. The molecule has 5 heteroatoms. The van der Waals surface area contributed by atoms with E-state index in [0.29, 0.717) is 11.1 Å². The van der Waals surface area contributed by atoms with Crippen LogP contribution in [-0.4, -0.2) is 25.0 Å². The van der Waals surface area contributed by atoms with E-state index in [1.165, 1.54) is 6.42 Å². The van der Waals surface area contributed by atoms with Gasteiger partial charge in [0.1, 0.15) is 0 Å². The zero-order chi connectivity index (χ0) is 14.7. The van der Waals surface area contributed by atoms with E-state index in [1.54, 1.807) is 0 Å². The molecule has 1 heterocycles. The summed E-state index contributed by atoms with van der Waals surface area (Å²) in [4.78, 5) is 12.9. The second kappa shape index (κ2) is 7.67. The van der Waals surface area contributed by atoms with E-state index in [0.717, 1.165) is 50.8 Å². The molecule has 1 amide bonds. The summed E-state index contributed by atoms with van der Waals surface area (Å²) in [6.45, 7) is 1.81. The third kappa shape index (κ3) is 3.58. The van der Waals surface area contributed by atoms with Crippen molar-refractivity contribution in [2.24, 2.45) is 0 Å². The van der Waals surface area contributed by atoms with Crippen LogP contribution in [-0.2, 0) is 10.2 Å². The molecule has 3 rings (SSSR count). The Balaban J connectivity index is 0.00000176. The second-order valence-corrected chi connectivity index (χ2v) is 6.74. The van der Waals surface area contributed by atoms with E-state index in [4.69, 9.17) is 11.6 Å². The van der Waals surface area contributed by atoms with Crippen molar-refractivity contribution in [3.8, 4) is 0 Å². The van der Waals surface area contributed by atoms with Crippen LogP contribution in [0.1, 0.15) is 44.1 Å². The third-order valence-corrected chi connectivity index (χ3v) is 5.18. The van der Waals surface area contributed by atoms with Gasteiger partial charge < -0.3 is 10.6 Å². The minimum absolute atomic E-state index is 0. The highest BCUT2D eigenvalue weighted by Gasteiger charge is 2.42. The van der Waals surface area contributed by atoms with Gasteiger partial charge >= 0.3 is 0 Å². The number of carbonyl (C=O) groups is 1. The Hall–Kier alpha value is -0.770. The van der Waals surface area contributed by atoms with Gasteiger partial charge in [-0.15, -0.1) is 12.4 Å². The lowest BCUT2D eigenvalue weighted by atomic mass is 9.78. The zero-order valence-electron chi connectivity index (χ0n) is 12.7. The molecule has 1 atom stereocenters. The molecule has 1 aliphatic heterocycles. The summed E-state index contributed by atoms with van der Waals surface area (Å²) in [6, 6.07) is 8.26. The van der Waals surface area contributed by atoms with Crippen molar-refractivity contribution in [3.63, 3.8) is 0 Å². The first-order valence-electron chi connectivity index (χ1n) is 7.98. The molecule has 1 aromatic rings. The van der Waals surface area contributed by atoms with Gasteiger partial charge in [0.25, 0.3) is 0 Å². The van der Waals surface area contributed by atoms with Crippen LogP contribution in [0.5, 0.6) is 0 Å². The summed E-state index contributed by atoms with van der Waals surface area (Å²) in [5.41, 5.74) is 0.702. The van der Waals surface area contributed by atoms with E-state index in [9.17, 15) is 4.79 Å². The highest BCUT2D eigenvalue weighted by atomic mass is 35.5. The van der Waals surface area contributed by atoms with Crippen LogP contribution in [0.25, 0.3) is 0 Å². The van der Waals surface area contributed by atoms with Crippen LogP contribution in [0.3, 0.4) is 0 Å². The van der Waals surface area contributed by atoms with Crippen LogP contribution in [0.15, 0.2) is 24.3 Å². The summed E-state index contributed by atoms with van der Waals surface area (Å²) in [5.74, 6) is 0.177. The average Bonchev–Trinajstić information content (AvgIpc) is 3.17. The van der Waals surface area contributed by atoms with Crippen LogP contribution >= 0.6 is 24.0 Å². The normalized spacial score (nSPS) is 23.0. The van der Waals surface area contributed by atoms with Crippen LogP contribution in [0, 0.1) is 0 Å². The predicted octanol–water partition coefficient (Wildman–Crippen LogP) is 3.44. The fourth-order valence-electron chi connectivity index (χ4n) is 3.73. The monoisotopic (exact) mass is 342 g/mol. The third-order valence-electron chi connectivity index (χ3n) is 4.94. The summed E-state index contributed by atoms with van der Waals surface area (Å²) in [7, 11) is 0. The SMILES string of the molecule is Cl.O=C(NCC1CCCN1)C1(c2cccc(Cl)c2)CCCC1. The van der Waals surface area contributed by atoms with Gasteiger partial charge in [-0.1, -0.05) is 36.6 Å². The van der Waals surface area contributed by atoms with Crippen molar-refractivity contribution in [1.82, 2.24) is 10.6 Å². The number of benzene rings is 1. The van der Waals surface area contributed by atoms with Crippen LogP contribution in [0.2, 0.25) is 5.02 Å². The second-order valence-electron chi connectivity index (χ2n) is 6.30. The molecular weight excluding hydrogens is 319 g/mol. The van der Waals surface area contributed by atoms with E-state index in [-0.39, 0.29) is 23.7 Å². The van der Waals surface area contributed by atoms with Gasteiger partial charge in [0.2, 0.25) is 5.91 Å². The molecule has 0 bridgehead atoms. The highest BCUT2D eigenvalue weighted by molar-refractivity contribution is 6.30. The summed E-state index contributed by atoms with van der Waals surface area (Å²) < 4.78 is 0. The number of hydrogen-bond acceptors (Lipinski definition) is 2. The van der Waals surface area contributed by atoms with Gasteiger partial charge in [0, 0.05) is 17.6 Å². The fourth-order valence-corrected chi connectivity index (χ4v) is 3.92. The smallest absolute Gasteiger partial charge is 0.230 e. The van der Waals surface area contributed by atoms with E-state index in [2.05, 4.69) is 10.6 Å². The molecule has 2 aliphatic rings. The molecule has 1 saturated carbocycles. The maximum Gasteiger partial charge on any atom is 0.230 e. The lowest BCUT2D eigenvalue weighted by molar-refractivity contribution is -0.126. The molecule has 122 valence electrons. The molecular formula is C17H24Cl2N2O. The predicted molar refractivity (Wildman–Crippen MR) is 92.9 cm³/mol. The van der Waals surface area contributed by atoms with E-state index in [1.807, 2.05) is 24.3 Å². The van der Waals surface area contributed by atoms with Gasteiger partial charge in [-0.3, -0.25) is 4.79 Å². The van der Waals surface area contributed by atoms with Crippen LogP contribution < -0.4 is 10.6 Å². The molecule has 2 N–H and O–H groups in total. The first-order chi connectivity index (χ1) is 10.2. The Morgan fingerprint density at radius 1 is 1.32 bits per heavy atom. The van der Waals surface area contributed by atoms with Gasteiger partial charge in [0.05, 0.1) is 5.41 Å². The molecule has 0 radical (unpaired) electrons. The average molecular weight is 343 g/mol. The number of hydrogen-bond donors (Lipinski definition) is 2. The Kier molecular flexibility index (Phi) is 6.13. The number of halogens is 2. The van der Waals surface area contributed by atoms with Crippen molar-refractivity contribution >= 4 is 29.9 Å². The Morgan fingerprint density at radius 3 is 2.73 bits per heavy atom. The molecule has 1 aliphatic carbocycles. The van der Waals surface area contributed by atoms with Gasteiger partial charge in [-0.2, -0.15) is 0 Å². The van der Waals surface area contributed by atoms with Crippen molar-refractivity contribution < 1.29 is 4.79 Å². The van der Waals surface area contributed by atoms with Gasteiger partial charge in [-0.05, 0) is 49.9 Å². The van der Waals surface area contributed by atoms with Gasteiger partial charge in [-0.25, -0.2) is 0 Å². The standard InChI is InChI=1S/C17H23ClN2O.ClH/c18-14-6-3-5-13(11-14)17(8-1-2-9-17)16(21)20-12-15-7-4-10-19-15;/h3,5-6,11,15,19H,1-2,4,7-10,12H2,(H,20,21);1H. The minimum atomic E-state index is -0.372. The first kappa shape index (κ1) is 17.6. The Morgan fingerprint density at radius 2 is 2.09 bits per heavy atom. The fraction of sp³-hybridized carbons (Fsp3) is 0.588. The molecule has 22 heavy (non-hydrogen) atoms. The first-order valence-corrected chi connectivity index (χ1v) is 8.36. The molecule has 0 spiro atoms. The quantitative estimate of drug-likeness (QED) is 0.879. The zero-order valence-corrected chi connectivity index (χ0v) is 14.3. The topological polar surface area (TPSA) is 41.1 Å². The summed E-state index contributed by atoms with van der Waals surface area (Å²) in [5, 5.41) is 7.32. The Labute approximate surface area is 143 Å². The molecule has 1 saturated heterocycles. The van der Waals surface area contributed by atoms with Gasteiger partial charge in [0.15, 0.2) is 0 Å². The van der Waals surface area contributed by atoms with Crippen LogP contribution in [0.4, 0.5) is 0 Å². The molecule has 3 nitrogen and oxygen atoms in total. The van der Waals surface area contributed by atoms with E-state index >= 15 is 0 Å². The minimum Gasteiger partial charge on any atom is -0.354 e. The number of rotatable bonds is 4. The van der Waals surface area contributed by atoms with Crippen molar-refractivity contribution in [3.05, 3.63) is 34.9 Å². The van der Waals surface area contributed by atoms with Crippen molar-refractivity contribution in [2.75, 3.05) is 13.1 Å². The van der Waals surface area contributed by atoms with E-state index < -0.39 is 0 Å². The molecule has 2 fully saturated rings. The molecule has 0 aromatic heterocycles. The largest absolute Gasteiger partial charge is 0.354 e. The number of carbonyl (C=O) groups excluding carboxylic acids is 1. The highest BCUT2D eigenvalue weighted by Crippen LogP contribution is 2.42. The number of amides is 1. The molecule has 1 unspecified atom stereocenters. The summed E-state index contributed by atoms with van der Waals surface area (Å²) >= 11 is 6.13. The molecule has 1 aromatic carbocycles. The summed E-state index contributed by atoms with van der Waals surface area (Å²) in [6.07, 6.45) is 6.45. The maximum atomic E-state index is 12.9. The van der Waals surface area contributed by atoms with Crippen molar-refractivity contribution in [1.29, 1.82) is 0 Å². The Bertz CT molecular complexity index is 509. The maximum absolute atomic E-state index is 12.9. The lowest BCUT2D eigenvalue weighted by Crippen LogP contribution is -2.46. The van der Waals surface area contributed by atoms with Crippen molar-refractivity contribution in [2.45, 2.75) is 50.0 Å². The number of nitrogens with one attached hydrogen (secondary N) is 2.